The minimum absolute atomic E-state index is 0.160. The van der Waals surface area contributed by atoms with Gasteiger partial charge in [0.15, 0.2) is 17.4 Å². The number of aromatic hydroxyl groups is 2. The van der Waals surface area contributed by atoms with E-state index in [9.17, 15) is 24.9 Å². The number of aromatic nitrogens is 4. The van der Waals surface area contributed by atoms with Crippen molar-refractivity contribution in [1.29, 1.82) is 0 Å². The summed E-state index contributed by atoms with van der Waals surface area (Å²) in [5.74, 6) is -1.58. The first-order valence-corrected chi connectivity index (χ1v) is 12.4. The number of ether oxygens (including phenoxy) is 1. The number of nitrogens with zero attached hydrogens (tertiary/aromatic N) is 4. The van der Waals surface area contributed by atoms with E-state index >= 15 is 0 Å². The van der Waals surface area contributed by atoms with Crippen LogP contribution >= 0.6 is 12.6 Å². The number of aliphatic hydroxyl groups is 3. The number of carboxylic acids is 2. The van der Waals surface area contributed by atoms with Crippen molar-refractivity contribution in [3.8, 4) is 11.6 Å². The number of benzene rings is 1. The molecule has 1 aliphatic heterocycles. The number of aliphatic hydroxyl groups excluding tert-OH is 3. The molecule has 6 atom stereocenters. The molecule has 1 aliphatic rings. The average molecular weight is 585 g/mol. The van der Waals surface area contributed by atoms with E-state index < -0.39 is 55.2 Å². The highest BCUT2D eigenvalue weighted by atomic mass is 32.1. The van der Waals surface area contributed by atoms with Crippen molar-refractivity contribution in [2.45, 2.75) is 49.5 Å². The van der Waals surface area contributed by atoms with Crippen LogP contribution in [0, 0.1) is 0 Å². The summed E-state index contributed by atoms with van der Waals surface area (Å²) >= 11 is 3.81. The summed E-state index contributed by atoms with van der Waals surface area (Å²) in [4.78, 5) is 31.8. The molecule has 0 radical (unpaired) electrons. The summed E-state index contributed by atoms with van der Waals surface area (Å²) in [6.45, 7) is -0.415. The Bertz CT molecular complexity index is 1250. The molecule has 2 aromatic heterocycles. The Hall–Kier alpha value is -3.58. The number of aliphatic carboxylic acids is 2. The molecule has 40 heavy (non-hydrogen) atoms. The minimum Gasteiger partial charge on any atom is -0.508 e. The molecule has 0 saturated carbocycles. The van der Waals surface area contributed by atoms with Crippen LogP contribution in [0.15, 0.2) is 36.9 Å². The maximum Gasteiger partial charge on any atom is 0.320 e. The lowest BCUT2D eigenvalue weighted by molar-refractivity contribution is -0.139. The van der Waals surface area contributed by atoms with E-state index in [2.05, 4.69) is 27.6 Å². The Balaban J connectivity index is 0.000000232. The molecule has 1 saturated heterocycles. The molecule has 0 amide bonds. The monoisotopic (exact) mass is 584 g/mol. The second-order valence-corrected chi connectivity index (χ2v) is 8.97. The van der Waals surface area contributed by atoms with Crippen LogP contribution in [0.5, 0.6) is 11.6 Å². The molecule has 11 N–H and O–H groups in total. The number of phenolic OH excluding ortho intramolecular Hbond substituents is 1. The highest BCUT2D eigenvalue weighted by Gasteiger charge is 2.44. The summed E-state index contributed by atoms with van der Waals surface area (Å²) in [5.41, 5.74) is 11.6. The van der Waals surface area contributed by atoms with Gasteiger partial charge < -0.3 is 51.9 Å². The molecular formula is C23H32N6O10S. The third kappa shape index (κ3) is 8.71. The highest BCUT2D eigenvalue weighted by molar-refractivity contribution is 7.80. The van der Waals surface area contributed by atoms with Gasteiger partial charge in [-0.15, -0.1) is 0 Å². The van der Waals surface area contributed by atoms with Crippen molar-refractivity contribution in [2.75, 3.05) is 12.4 Å². The fraction of sp³-hybridized carbons (Fsp3) is 0.435. The number of carbonyl (C=O) groups is 2. The van der Waals surface area contributed by atoms with Crippen LogP contribution in [0.4, 0.5) is 0 Å². The summed E-state index contributed by atoms with van der Waals surface area (Å²) in [5, 5.41) is 63.8. The van der Waals surface area contributed by atoms with Crippen LogP contribution in [-0.4, -0.2) is 110 Å². The molecule has 17 heteroatoms. The van der Waals surface area contributed by atoms with Gasteiger partial charge >= 0.3 is 11.9 Å². The first-order chi connectivity index (χ1) is 18.9. The van der Waals surface area contributed by atoms with Gasteiger partial charge in [-0.05, 0) is 36.3 Å². The second-order valence-electron chi connectivity index (χ2n) is 8.52. The molecule has 0 spiro atoms. The lowest BCUT2D eigenvalue weighted by Gasteiger charge is -2.16. The average Bonchev–Trinajstić information content (AvgIpc) is 3.47. The molecule has 1 fully saturated rings. The van der Waals surface area contributed by atoms with E-state index in [-0.39, 0.29) is 29.2 Å². The van der Waals surface area contributed by atoms with Crippen molar-refractivity contribution in [2.24, 2.45) is 11.5 Å². The van der Waals surface area contributed by atoms with Crippen molar-refractivity contribution >= 4 is 35.7 Å². The number of nitrogens with two attached hydrogens (primary N) is 2. The number of hydrogen-bond donors (Lipinski definition) is 10. The SMILES string of the molecule is NC(CCS)C(=O)O.NC(Cc1ccc(O)cc1)C(=O)O.OC[C@H]1O[C@@H](n2cnc3c(O)ncnc32)[C@H](O)[C@@H]1O. The van der Waals surface area contributed by atoms with Crippen molar-refractivity contribution in [1.82, 2.24) is 19.5 Å². The molecule has 220 valence electrons. The van der Waals surface area contributed by atoms with Crippen molar-refractivity contribution in [3.63, 3.8) is 0 Å². The third-order valence-electron chi connectivity index (χ3n) is 5.60. The van der Waals surface area contributed by atoms with Crippen molar-refractivity contribution in [3.05, 3.63) is 42.5 Å². The van der Waals surface area contributed by atoms with Gasteiger partial charge in [0.25, 0.3) is 0 Å². The van der Waals surface area contributed by atoms with E-state index in [1.807, 2.05) is 0 Å². The number of rotatable bonds is 8. The maximum absolute atomic E-state index is 10.4. The molecular weight excluding hydrogens is 552 g/mol. The van der Waals surface area contributed by atoms with Gasteiger partial charge in [0.1, 0.15) is 42.5 Å². The lowest BCUT2D eigenvalue weighted by atomic mass is 10.1. The summed E-state index contributed by atoms with van der Waals surface area (Å²) in [6.07, 6.45) is -1.08. The van der Waals surface area contributed by atoms with Gasteiger partial charge in [-0.3, -0.25) is 14.2 Å². The Morgan fingerprint density at radius 3 is 2.12 bits per heavy atom. The fourth-order valence-electron chi connectivity index (χ4n) is 3.37. The number of imidazole rings is 1. The zero-order valence-electron chi connectivity index (χ0n) is 21.0. The predicted octanol–water partition coefficient (Wildman–Crippen LogP) is -1.79. The molecule has 16 nitrogen and oxygen atoms in total. The quantitative estimate of drug-likeness (QED) is 0.131. The number of hydrogen-bond acceptors (Lipinski definition) is 14. The van der Waals surface area contributed by atoms with Crippen LogP contribution in [0.1, 0.15) is 18.2 Å². The number of thiol groups is 1. The van der Waals surface area contributed by atoms with Crippen LogP contribution in [0.25, 0.3) is 11.2 Å². The normalized spacial score (nSPS) is 21.4. The van der Waals surface area contributed by atoms with Gasteiger partial charge in [0, 0.05) is 0 Å². The lowest BCUT2D eigenvalue weighted by Crippen LogP contribution is -2.33. The zero-order chi connectivity index (χ0) is 30.0. The van der Waals surface area contributed by atoms with Crippen LogP contribution < -0.4 is 11.5 Å². The maximum atomic E-state index is 10.4. The summed E-state index contributed by atoms with van der Waals surface area (Å²) in [6, 6.07) is 4.68. The van der Waals surface area contributed by atoms with Crippen LogP contribution in [0.3, 0.4) is 0 Å². The standard InChI is InChI=1S/C10H12N4O5.C9H11NO3.C4H9NO2S/c15-1-4-6(16)7(17)10(19-4)14-3-13-5-8(14)11-2-12-9(5)18;10-8(9(12)13)5-6-1-3-7(11)4-2-6;5-3(1-2-8)4(6)7/h2-4,6-7,10,15-17H,1H2,(H,11,12,18);1-4,8,11H,5,10H2,(H,12,13);3,8H,1-2,5H2,(H,6,7)/t4-,6-,7-,10-;;/m1../s1. The molecule has 1 aromatic carbocycles. The number of phenols is 1. The third-order valence-corrected chi connectivity index (χ3v) is 5.86. The van der Waals surface area contributed by atoms with E-state index in [4.69, 9.17) is 36.6 Å². The molecule has 2 unspecified atom stereocenters. The summed E-state index contributed by atoms with van der Waals surface area (Å²) in [7, 11) is 0. The largest absolute Gasteiger partial charge is 0.508 e. The molecule has 0 aliphatic carbocycles. The molecule has 3 aromatic rings. The Labute approximate surface area is 232 Å². The van der Waals surface area contributed by atoms with Crippen LogP contribution in [0.2, 0.25) is 0 Å². The fourth-order valence-corrected chi connectivity index (χ4v) is 3.65. The predicted molar refractivity (Wildman–Crippen MR) is 142 cm³/mol. The Morgan fingerprint density at radius 2 is 1.62 bits per heavy atom. The topological polar surface area (TPSA) is 281 Å². The van der Waals surface area contributed by atoms with E-state index in [1.54, 1.807) is 12.1 Å². The van der Waals surface area contributed by atoms with E-state index in [1.165, 1.54) is 23.0 Å². The van der Waals surface area contributed by atoms with Gasteiger partial charge in [0.2, 0.25) is 5.88 Å². The molecule has 3 heterocycles. The Kier molecular flexibility index (Phi) is 12.5. The first-order valence-electron chi connectivity index (χ1n) is 11.8. The molecule has 0 bridgehead atoms. The first kappa shape index (κ1) is 32.6. The van der Waals surface area contributed by atoms with Gasteiger partial charge in [-0.1, -0.05) is 12.1 Å². The van der Waals surface area contributed by atoms with E-state index in [0.29, 0.717) is 12.2 Å². The zero-order valence-corrected chi connectivity index (χ0v) is 21.9. The van der Waals surface area contributed by atoms with Crippen molar-refractivity contribution < 1.29 is 50.1 Å². The van der Waals surface area contributed by atoms with Crippen LogP contribution in [-0.2, 0) is 20.7 Å². The summed E-state index contributed by atoms with van der Waals surface area (Å²) < 4.78 is 6.73. The molecule has 4 rings (SSSR count). The number of carboxylic acid groups (broad SMARTS) is 2. The van der Waals surface area contributed by atoms with Gasteiger partial charge in [-0.25, -0.2) is 9.97 Å². The smallest absolute Gasteiger partial charge is 0.320 e. The Morgan fingerprint density at radius 1 is 1.00 bits per heavy atom. The highest BCUT2D eigenvalue weighted by Crippen LogP contribution is 2.32. The second kappa shape index (κ2) is 15.3. The number of fused-ring (bicyclic) bond motifs is 1. The van der Waals surface area contributed by atoms with E-state index in [0.717, 1.165) is 11.9 Å². The van der Waals surface area contributed by atoms with Gasteiger partial charge in [0.05, 0.1) is 12.9 Å². The van der Waals surface area contributed by atoms with Gasteiger partial charge in [-0.2, -0.15) is 17.6 Å². The minimum atomic E-state index is -1.23.